The second kappa shape index (κ2) is 7.01. The van der Waals surface area contributed by atoms with Gasteiger partial charge in [-0.1, -0.05) is 31.7 Å². The molecule has 0 aliphatic rings. The van der Waals surface area contributed by atoms with E-state index in [1.54, 1.807) is 0 Å². The Hall–Kier alpha value is -0.660. The molecule has 1 rings (SSSR count). The Bertz CT molecular complexity index is 170. The lowest BCUT2D eigenvalue weighted by molar-refractivity contribution is -0.386. The largest absolute Gasteiger partial charge is 1.00 e. The van der Waals surface area contributed by atoms with Gasteiger partial charge >= 0.3 is 0 Å². The summed E-state index contributed by atoms with van der Waals surface area (Å²) in [6.45, 7) is 4.67. The Balaban J connectivity index is 0. The van der Waals surface area contributed by atoms with Crippen molar-refractivity contribution in [3.05, 3.63) is 42.3 Å². The Morgan fingerprint density at radius 1 is 1.08 bits per heavy atom. The van der Waals surface area contributed by atoms with Crippen LogP contribution in [0.25, 0.3) is 0 Å². The average Bonchev–Trinajstić information content (AvgIpc) is 2.05. The predicted octanol–water partition coefficient (Wildman–Crippen LogP) is -1.55. The molecule has 1 nitrogen and oxygen atoms in total. The first-order chi connectivity index (χ1) is 4.86. The van der Waals surface area contributed by atoms with Crippen LogP contribution in [0, 0.1) is 6.92 Å². The van der Waals surface area contributed by atoms with Gasteiger partial charge in [-0.3, -0.25) is 0 Å². The van der Waals surface area contributed by atoms with Crippen LogP contribution in [0.4, 0.5) is 0 Å². The maximum atomic E-state index is 3.80. The van der Waals surface area contributed by atoms with Gasteiger partial charge in [-0.15, -0.1) is 0 Å². The Morgan fingerprint density at radius 3 is 1.83 bits per heavy atom. The number of benzene rings is 1. The second-order valence-corrected chi connectivity index (χ2v) is 2.32. The van der Waals surface area contributed by atoms with Gasteiger partial charge in [-0.25, -0.2) is 0 Å². The minimum absolute atomic E-state index is 0. The first-order valence-electron chi connectivity index (χ1n) is 3.53. The minimum Gasteiger partial charge on any atom is -1.00 e. The molecule has 68 valence electrons. The van der Waals surface area contributed by atoms with E-state index < -0.39 is 0 Å². The maximum Gasteiger partial charge on any atom is 0.110 e. The number of rotatable bonds is 2. The fourth-order valence-electron chi connectivity index (χ4n) is 0.873. The van der Waals surface area contributed by atoms with Crippen molar-refractivity contribution in [3.8, 4) is 0 Å². The van der Waals surface area contributed by atoms with Crippen molar-refractivity contribution in [2.24, 2.45) is 0 Å². The van der Waals surface area contributed by atoms with E-state index >= 15 is 0 Å². The van der Waals surface area contributed by atoms with Gasteiger partial charge in [0.05, 0.1) is 13.5 Å². The van der Waals surface area contributed by atoms with Crippen molar-refractivity contribution in [3.63, 3.8) is 0 Å². The summed E-state index contributed by atoms with van der Waals surface area (Å²) in [6.07, 6.45) is 0.872. The van der Waals surface area contributed by atoms with Crippen LogP contribution in [0.5, 0.6) is 0 Å². The van der Waals surface area contributed by atoms with Gasteiger partial charge < -0.3 is 18.1 Å². The highest BCUT2D eigenvalue weighted by molar-refractivity contribution is 5.22. The molecule has 0 heterocycles. The zero-order valence-electron chi connectivity index (χ0n) is 6.52. The van der Waals surface area contributed by atoms with E-state index in [9.17, 15) is 0 Å². The van der Waals surface area contributed by atoms with Crippen LogP contribution in [-0.2, 0) is 13.0 Å². The van der Waals surface area contributed by atoms with Crippen molar-refractivity contribution in [2.45, 2.75) is 20.4 Å². The van der Waals surface area contributed by atoms with Crippen LogP contribution in [0.2, 0.25) is 0 Å². The quantitative estimate of drug-likeness (QED) is 0.542. The Kier molecular flexibility index (Phi) is 8.12. The SMILES string of the molecule is C.[CH2+]Cc1ccc(C[NH3+])cc1.[Cl-]. The van der Waals surface area contributed by atoms with E-state index in [1.165, 1.54) is 11.1 Å². The molecule has 0 amide bonds. The number of hydrogen-bond acceptors (Lipinski definition) is 0. The molecule has 0 unspecified atom stereocenters. The highest BCUT2D eigenvalue weighted by Gasteiger charge is 1.92. The molecule has 1 aromatic rings. The van der Waals surface area contributed by atoms with Gasteiger partial charge in [0.15, 0.2) is 0 Å². The molecule has 0 atom stereocenters. The van der Waals surface area contributed by atoms with Crippen LogP contribution in [0.15, 0.2) is 24.3 Å². The summed E-state index contributed by atoms with van der Waals surface area (Å²) < 4.78 is 0. The molecular formula is C10H17ClN+. The van der Waals surface area contributed by atoms with Crippen molar-refractivity contribution in [1.82, 2.24) is 0 Å². The fourth-order valence-corrected chi connectivity index (χ4v) is 0.873. The van der Waals surface area contributed by atoms with E-state index in [1.807, 2.05) is 0 Å². The lowest BCUT2D eigenvalue weighted by Crippen LogP contribution is -3.00. The Labute approximate surface area is 81.4 Å². The summed E-state index contributed by atoms with van der Waals surface area (Å²) in [4.78, 5) is 0. The molecule has 0 saturated carbocycles. The van der Waals surface area contributed by atoms with E-state index in [-0.39, 0.29) is 19.8 Å². The summed E-state index contributed by atoms with van der Waals surface area (Å²) >= 11 is 0. The van der Waals surface area contributed by atoms with Gasteiger partial charge in [0.2, 0.25) is 0 Å². The molecule has 0 saturated heterocycles. The third kappa shape index (κ3) is 3.65. The van der Waals surface area contributed by atoms with E-state index in [0.29, 0.717) is 0 Å². The molecule has 0 bridgehead atoms. The fraction of sp³-hybridized carbons (Fsp3) is 0.300. The van der Waals surface area contributed by atoms with Crippen molar-refractivity contribution in [2.75, 3.05) is 0 Å². The first-order valence-corrected chi connectivity index (χ1v) is 3.53. The molecule has 1 aromatic carbocycles. The van der Waals surface area contributed by atoms with Crippen LogP contribution >= 0.6 is 0 Å². The zero-order chi connectivity index (χ0) is 7.40. The summed E-state index contributed by atoms with van der Waals surface area (Å²) in [6, 6.07) is 8.42. The molecule has 0 radical (unpaired) electrons. The van der Waals surface area contributed by atoms with Crippen LogP contribution in [0.1, 0.15) is 18.6 Å². The summed E-state index contributed by atoms with van der Waals surface area (Å²) in [5.41, 5.74) is 6.37. The van der Waals surface area contributed by atoms with Crippen LogP contribution in [-0.4, -0.2) is 0 Å². The summed E-state index contributed by atoms with van der Waals surface area (Å²) in [5.74, 6) is 0. The number of halogens is 1. The van der Waals surface area contributed by atoms with Gasteiger partial charge in [-0.05, 0) is 5.56 Å². The highest BCUT2D eigenvalue weighted by Crippen LogP contribution is 2.02. The maximum absolute atomic E-state index is 3.80. The zero-order valence-corrected chi connectivity index (χ0v) is 7.27. The number of quaternary nitrogens is 1. The van der Waals surface area contributed by atoms with Crippen LogP contribution in [0.3, 0.4) is 0 Å². The Morgan fingerprint density at radius 2 is 1.50 bits per heavy atom. The van der Waals surface area contributed by atoms with Gasteiger partial charge in [-0.2, -0.15) is 0 Å². The van der Waals surface area contributed by atoms with Gasteiger partial charge in [0.25, 0.3) is 0 Å². The van der Waals surface area contributed by atoms with E-state index in [0.717, 1.165) is 13.0 Å². The smallest absolute Gasteiger partial charge is 0.110 e. The average molecular weight is 187 g/mol. The molecule has 2 heteroatoms. The molecule has 3 N–H and O–H groups in total. The molecule has 0 aliphatic heterocycles. The minimum atomic E-state index is 0. The van der Waals surface area contributed by atoms with E-state index in [2.05, 4.69) is 36.9 Å². The third-order valence-electron chi connectivity index (χ3n) is 1.60. The van der Waals surface area contributed by atoms with Gasteiger partial charge in [0.1, 0.15) is 6.42 Å². The molecule has 0 aromatic heterocycles. The lowest BCUT2D eigenvalue weighted by Gasteiger charge is -1.93. The summed E-state index contributed by atoms with van der Waals surface area (Å²) in [7, 11) is 0. The molecule has 0 fully saturated rings. The van der Waals surface area contributed by atoms with Gasteiger partial charge in [0, 0.05) is 5.56 Å². The standard InChI is InChI=1S/C9H12N.CH4.ClH/c1-2-8-3-5-9(7-10)6-4-8;;/h3-6H,1-2,7,10H2;1H4;1H/q+1;;. The van der Waals surface area contributed by atoms with Crippen molar-refractivity contribution >= 4 is 0 Å². The topological polar surface area (TPSA) is 27.6 Å². The first kappa shape index (κ1) is 13.9. The summed E-state index contributed by atoms with van der Waals surface area (Å²) in [5, 5.41) is 0. The molecule has 0 spiro atoms. The molecular weight excluding hydrogens is 170 g/mol. The normalized spacial score (nSPS) is 8.08. The van der Waals surface area contributed by atoms with Crippen LogP contribution < -0.4 is 18.1 Å². The monoisotopic (exact) mass is 186 g/mol. The molecule has 12 heavy (non-hydrogen) atoms. The number of hydrogen-bond donors (Lipinski definition) is 1. The third-order valence-corrected chi connectivity index (χ3v) is 1.60. The predicted molar refractivity (Wildman–Crippen MR) is 48.8 cm³/mol. The van der Waals surface area contributed by atoms with E-state index in [4.69, 9.17) is 0 Å². The lowest BCUT2D eigenvalue weighted by atomic mass is 10.1. The molecule has 0 aliphatic carbocycles. The highest BCUT2D eigenvalue weighted by atomic mass is 35.5. The van der Waals surface area contributed by atoms with Crippen molar-refractivity contribution in [1.29, 1.82) is 0 Å². The van der Waals surface area contributed by atoms with Crippen molar-refractivity contribution < 1.29 is 18.1 Å². The second-order valence-electron chi connectivity index (χ2n) is 2.32.